The lowest BCUT2D eigenvalue weighted by molar-refractivity contribution is -0.142. The van der Waals surface area contributed by atoms with Crippen molar-refractivity contribution in [2.24, 2.45) is 0 Å². The Hall–Kier alpha value is -3.26. The van der Waals surface area contributed by atoms with Crippen molar-refractivity contribution in [2.45, 2.75) is 31.7 Å². The molecule has 0 saturated carbocycles. The van der Waals surface area contributed by atoms with Gasteiger partial charge in [-0.25, -0.2) is 9.59 Å². The molecule has 5 nitrogen and oxygen atoms in total. The number of carboxylic acid groups (broad SMARTS) is 1. The molecule has 0 spiro atoms. The summed E-state index contributed by atoms with van der Waals surface area (Å²) in [5, 5.41) is 9.31. The Kier molecular flexibility index (Phi) is 6.00. The fourth-order valence-electron chi connectivity index (χ4n) is 3.60. The fourth-order valence-corrected chi connectivity index (χ4v) is 3.60. The lowest BCUT2D eigenvalue weighted by Gasteiger charge is -2.26. The first-order chi connectivity index (χ1) is 13.5. The van der Waals surface area contributed by atoms with Crippen LogP contribution in [-0.2, 0) is 9.53 Å². The van der Waals surface area contributed by atoms with E-state index in [1.54, 1.807) is 0 Å². The number of carboxylic acids is 1. The van der Waals surface area contributed by atoms with Crippen molar-refractivity contribution in [3.05, 3.63) is 59.7 Å². The first-order valence-electron chi connectivity index (χ1n) is 9.32. The minimum Gasteiger partial charge on any atom is -0.480 e. The molecule has 2 aromatic carbocycles. The van der Waals surface area contributed by atoms with Gasteiger partial charge in [-0.05, 0) is 35.6 Å². The van der Waals surface area contributed by atoms with Crippen molar-refractivity contribution >= 4 is 12.1 Å². The van der Waals surface area contributed by atoms with Crippen LogP contribution < -0.4 is 0 Å². The number of aliphatic carboxylic acids is 1. The molecule has 0 radical (unpaired) electrons. The summed E-state index contributed by atoms with van der Waals surface area (Å²) < 4.78 is 5.58. The van der Waals surface area contributed by atoms with Crippen molar-refractivity contribution in [1.29, 1.82) is 0 Å². The van der Waals surface area contributed by atoms with Gasteiger partial charge in [0.1, 0.15) is 12.6 Å². The number of hydrogen-bond donors (Lipinski definition) is 1. The third kappa shape index (κ3) is 3.86. The Bertz CT molecular complexity index is 869. The first kappa shape index (κ1) is 19.5. The van der Waals surface area contributed by atoms with Crippen molar-refractivity contribution in [1.82, 2.24) is 4.90 Å². The van der Waals surface area contributed by atoms with Gasteiger partial charge < -0.3 is 9.84 Å². The maximum atomic E-state index is 12.7. The largest absolute Gasteiger partial charge is 0.480 e. The molecule has 1 aliphatic carbocycles. The van der Waals surface area contributed by atoms with E-state index in [0.717, 1.165) is 22.3 Å². The molecule has 1 unspecified atom stereocenters. The molecule has 0 aliphatic heterocycles. The number of fused-ring (bicyclic) bond motifs is 3. The number of carbonyl (C=O) groups is 2. The number of ether oxygens (including phenoxy) is 1. The summed E-state index contributed by atoms with van der Waals surface area (Å²) in [6.45, 7) is 1.87. The van der Waals surface area contributed by atoms with Crippen LogP contribution in [0.15, 0.2) is 48.5 Å². The second-order valence-electron chi connectivity index (χ2n) is 6.82. The molecule has 3 rings (SSSR count). The van der Waals surface area contributed by atoms with E-state index in [4.69, 9.17) is 11.2 Å². The first-order valence-corrected chi connectivity index (χ1v) is 9.32. The molecule has 0 aromatic heterocycles. The average Bonchev–Trinajstić information content (AvgIpc) is 3.03. The number of carbonyl (C=O) groups excluding carboxylic acids is 1. The zero-order chi connectivity index (χ0) is 20.1. The maximum absolute atomic E-state index is 12.7. The quantitative estimate of drug-likeness (QED) is 0.582. The molecule has 144 valence electrons. The van der Waals surface area contributed by atoms with E-state index in [0.29, 0.717) is 12.8 Å². The van der Waals surface area contributed by atoms with Crippen molar-refractivity contribution in [3.63, 3.8) is 0 Å². The molecule has 1 aliphatic rings. The minimum atomic E-state index is -1.07. The van der Waals surface area contributed by atoms with E-state index in [9.17, 15) is 14.7 Å². The van der Waals surface area contributed by atoms with Gasteiger partial charge in [-0.1, -0.05) is 48.5 Å². The predicted molar refractivity (Wildman–Crippen MR) is 107 cm³/mol. The molecule has 0 saturated heterocycles. The van der Waals surface area contributed by atoms with Gasteiger partial charge in [0.25, 0.3) is 0 Å². The molecule has 0 bridgehead atoms. The van der Waals surface area contributed by atoms with Gasteiger partial charge in [0.2, 0.25) is 0 Å². The highest BCUT2D eigenvalue weighted by Crippen LogP contribution is 2.44. The average molecular weight is 377 g/mol. The van der Waals surface area contributed by atoms with Crippen LogP contribution in [0, 0.1) is 12.3 Å². The maximum Gasteiger partial charge on any atom is 0.410 e. The van der Waals surface area contributed by atoms with Gasteiger partial charge in [-0.15, -0.1) is 12.3 Å². The number of amides is 1. The van der Waals surface area contributed by atoms with E-state index in [2.05, 4.69) is 18.1 Å². The number of terminal acetylenes is 1. The highest BCUT2D eigenvalue weighted by atomic mass is 16.6. The number of unbranched alkanes of at least 4 members (excludes halogenated alkanes) is 1. The van der Waals surface area contributed by atoms with Crippen LogP contribution in [0.1, 0.15) is 36.8 Å². The Morgan fingerprint density at radius 3 is 2.25 bits per heavy atom. The number of benzene rings is 2. The molecule has 5 heteroatoms. The summed E-state index contributed by atoms with van der Waals surface area (Å²) >= 11 is 0. The van der Waals surface area contributed by atoms with Crippen molar-refractivity contribution in [2.75, 3.05) is 13.2 Å². The summed E-state index contributed by atoms with van der Waals surface area (Å²) in [4.78, 5) is 25.3. The second kappa shape index (κ2) is 8.62. The Balaban J connectivity index is 1.75. The van der Waals surface area contributed by atoms with Crippen LogP contribution in [-0.4, -0.2) is 41.3 Å². The van der Waals surface area contributed by atoms with Crippen LogP contribution in [0.3, 0.4) is 0 Å². The van der Waals surface area contributed by atoms with Gasteiger partial charge in [0.05, 0.1) is 0 Å². The minimum absolute atomic E-state index is 0.0657. The van der Waals surface area contributed by atoms with Crippen LogP contribution in [0.2, 0.25) is 0 Å². The number of nitrogens with zero attached hydrogens (tertiary/aromatic N) is 1. The smallest absolute Gasteiger partial charge is 0.410 e. The Labute approximate surface area is 164 Å². The summed E-state index contributed by atoms with van der Waals surface area (Å²) in [5.41, 5.74) is 4.51. The molecule has 28 heavy (non-hydrogen) atoms. The number of hydrogen-bond acceptors (Lipinski definition) is 3. The van der Waals surface area contributed by atoms with Gasteiger partial charge in [0, 0.05) is 18.9 Å². The second-order valence-corrected chi connectivity index (χ2v) is 6.82. The van der Waals surface area contributed by atoms with Crippen molar-refractivity contribution in [3.8, 4) is 23.5 Å². The van der Waals surface area contributed by atoms with Gasteiger partial charge in [-0.2, -0.15) is 0 Å². The lowest BCUT2D eigenvalue weighted by atomic mass is 9.98. The van der Waals surface area contributed by atoms with E-state index in [-0.39, 0.29) is 19.1 Å². The van der Waals surface area contributed by atoms with E-state index < -0.39 is 18.1 Å². The molecule has 0 fully saturated rings. The fraction of sp³-hybridized carbons (Fsp3) is 0.304. The molecule has 1 N–H and O–H groups in total. The third-order valence-electron chi connectivity index (χ3n) is 5.12. The van der Waals surface area contributed by atoms with Gasteiger partial charge in [0.15, 0.2) is 0 Å². The van der Waals surface area contributed by atoms with E-state index in [1.165, 1.54) is 11.8 Å². The normalized spacial score (nSPS) is 13.1. The molecular formula is C23H23NO4. The molecule has 1 atom stereocenters. The zero-order valence-corrected chi connectivity index (χ0v) is 15.8. The van der Waals surface area contributed by atoms with Crippen molar-refractivity contribution < 1.29 is 19.4 Å². The van der Waals surface area contributed by atoms with Crippen LogP contribution >= 0.6 is 0 Å². The Morgan fingerprint density at radius 2 is 1.71 bits per heavy atom. The van der Waals surface area contributed by atoms with Crippen LogP contribution in [0.25, 0.3) is 11.1 Å². The zero-order valence-electron chi connectivity index (χ0n) is 15.8. The standard InChI is InChI=1S/C23H23NO4/c1-3-4-9-14-24(16(2)22(25)26)23(27)28-15-21-19-12-7-5-10-17(19)18-11-6-8-13-20(18)21/h1,5-8,10-13,16,21H,4,9,14-15H2,2H3,(H,25,26). The molecule has 1 amide bonds. The molecule has 0 heterocycles. The Morgan fingerprint density at radius 1 is 1.14 bits per heavy atom. The third-order valence-corrected chi connectivity index (χ3v) is 5.12. The number of rotatable bonds is 7. The monoisotopic (exact) mass is 377 g/mol. The summed E-state index contributed by atoms with van der Waals surface area (Å²) in [5.74, 6) is 1.36. The van der Waals surface area contributed by atoms with E-state index >= 15 is 0 Å². The topological polar surface area (TPSA) is 66.8 Å². The van der Waals surface area contributed by atoms with Crippen LogP contribution in [0.5, 0.6) is 0 Å². The highest BCUT2D eigenvalue weighted by molar-refractivity contribution is 5.81. The van der Waals surface area contributed by atoms with Crippen LogP contribution in [0.4, 0.5) is 4.79 Å². The van der Waals surface area contributed by atoms with Gasteiger partial charge >= 0.3 is 12.1 Å². The SMILES string of the molecule is C#CCCCN(C(=O)OCC1c2ccccc2-c2ccccc21)C(C)C(=O)O. The van der Waals surface area contributed by atoms with Gasteiger partial charge in [-0.3, -0.25) is 4.90 Å². The molecular weight excluding hydrogens is 354 g/mol. The summed E-state index contributed by atoms with van der Waals surface area (Å²) in [6, 6.07) is 15.2. The summed E-state index contributed by atoms with van der Waals surface area (Å²) in [7, 11) is 0. The lowest BCUT2D eigenvalue weighted by Crippen LogP contribution is -2.44. The predicted octanol–water partition coefficient (Wildman–Crippen LogP) is 4.12. The summed E-state index contributed by atoms with van der Waals surface area (Å²) in [6.07, 6.45) is 5.62. The highest BCUT2D eigenvalue weighted by Gasteiger charge is 2.31. The van der Waals surface area contributed by atoms with E-state index in [1.807, 2.05) is 36.4 Å². The molecule has 2 aromatic rings.